The van der Waals surface area contributed by atoms with Crippen LogP contribution in [0.3, 0.4) is 0 Å². The predicted octanol–water partition coefficient (Wildman–Crippen LogP) is 4.98. The van der Waals surface area contributed by atoms with Gasteiger partial charge in [-0.3, -0.25) is 9.59 Å². The van der Waals surface area contributed by atoms with Gasteiger partial charge in [-0.05, 0) is 73.5 Å². The lowest BCUT2D eigenvalue weighted by Crippen LogP contribution is -2.16. The summed E-state index contributed by atoms with van der Waals surface area (Å²) in [5, 5.41) is 14.8. The summed E-state index contributed by atoms with van der Waals surface area (Å²) in [5.41, 5.74) is 3.64. The highest BCUT2D eigenvalue weighted by Gasteiger charge is 2.15. The molecule has 0 saturated heterocycles. The van der Waals surface area contributed by atoms with Crippen molar-refractivity contribution in [2.24, 2.45) is 0 Å². The summed E-state index contributed by atoms with van der Waals surface area (Å²) in [6.45, 7) is 4.02. The Morgan fingerprint density at radius 2 is 1.45 bits per heavy atom. The number of amides is 2. The Balaban J connectivity index is 1.55. The second-order valence-electron chi connectivity index (χ2n) is 6.97. The zero-order valence-corrected chi connectivity index (χ0v) is 18.0. The van der Waals surface area contributed by atoms with Crippen molar-refractivity contribution in [3.8, 4) is 0 Å². The summed E-state index contributed by atoms with van der Waals surface area (Å²) in [6, 6.07) is 18.9. The average molecular weight is 435 g/mol. The Hall–Kier alpha value is -3.58. The molecule has 31 heavy (non-hydrogen) atoms. The molecule has 0 fully saturated rings. The van der Waals surface area contributed by atoms with E-state index in [2.05, 4.69) is 10.6 Å². The molecule has 0 heterocycles. The first kappa shape index (κ1) is 22.1. The molecule has 0 aliphatic rings. The lowest BCUT2D eigenvalue weighted by Gasteiger charge is -2.09. The minimum Gasteiger partial charge on any atom is -0.478 e. The van der Waals surface area contributed by atoms with Crippen molar-refractivity contribution in [3.05, 3.63) is 89.0 Å². The molecular formula is C24H22N2O4S. The molecule has 3 rings (SSSR count). The standard InChI is InChI=1S/C24H22N2O4S/c1-15-7-8-18(13-16(15)2)25-22(27)14-31-19-11-9-17(10-12-19)26-23(28)20-5-3-4-6-21(20)24(29)30/h3-13H,14H2,1-2H3,(H,25,27)(H,26,28)(H,29,30). The molecule has 0 unspecified atom stereocenters. The van der Waals surface area contributed by atoms with Gasteiger partial charge in [0.2, 0.25) is 5.91 Å². The number of carboxylic acid groups (broad SMARTS) is 1. The molecule has 0 aromatic heterocycles. The molecule has 3 aromatic rings. The number of carbonyl (C=O) groups is 3. The number of hydrogen-bond donors (Lipinski definition) is 3. The SMILES string of the molecule is Cc1ccc(NC(=O)CSc2ccc(NC(=O)c3ccccc3C(=O)O)cc2)cc1C. The smallest absolute Gasteiger partial charge is 0.336 e. The molecule has 158 valence electrons. The maximum Gasteiger partial charge on any atom is 0.336 e. The van der Waals surface area contributed by atoms with E-state index in [0.29, 0.717) is 5.69 Å². The summed E-state index contributed by atoms with van der Waals surface area (Å²) < 4.78 is 0. The van der Waals surface area contributed by atoms with Crippen LogP contribution in [-0.2, 0) is 4.79 Å². The van der Waals surface area contributed by atoms with Crippen LogP contribution >= 0.6 is 11.8 Å². The minimum atomic E-state index is -1.16. The van der Waals surface area contributed by atoms with Gasteiger partial charge in [0.15, 0.2) is 0 Å². The molecule has 7 heteroatoms. The zero-order valence-electron chi connectivity index (χ0n) is 17.1. The largest absolute Gasteiger partial charge is 0.478 e. The number of benzene rings is 3. The Labute approximate surface area is 184 Å². The van der Waals surface area contributed by atoms with E-state index in [1.807, 2.05) is 32.0 Å². The highest BCUT2D eigenvalue weighted by atomic mass is 32.2. The van der Waals surface area contributed by atoms with Gasteiger partial charge in [0.25, 0.3) is 5.91 Å². The Morgan fingerprint density at radius 1 is 0.806 bits per heavy atom. The Bertz CT molecular complexity index is 1130. The van der Waals surface area contributed by atoms with E-state index in [9.17, 15) is 19.5 Å². The van der Waals surface area contributed by atoms with E-state index < -0.39 is 11.9 Å². The highest BCUT2D eigenvalue weighted by Crippen LogP contribution is 2.22. The van der Waals surface area contributed by atoms with Gasteiger partial charge < -0.3 is 15.7 Å². The average Bonchev–Trinajstić information content (AvgIpc) is 2.76. The number of thioether (sulfide) groups is 1. The number of aromatic carboxylic acids is 1. The van der Waals surface area contributed by atoms with E-state index in [4.69, 9.17) is 0 Å². The Morgan fingerprint density at radius 3 is 2.10 bits per heavy atom. The summed E-state index contributed by atoms with van der Waals surface area (Å²) in [7, 11) is 0. The maximum atomic E-state index is 12.4. The van der Waals surface area contributed by atoms with Crippen LogP contribution in [0, 0.1) is 13.8 Å². The van der Waals surface area contributed by atoms with E-state index in [-0.39, 0.29) is 22.8 Å². The van der Waals surface area contributed by atoms with Crippen LogP contribution in [0.25, 0.3) is 0 Å². The molecule has 3 aromatic carbocycles. The molecule has 3 N–H and O–H groups in total. The number of aryl methyl sites for hydroxylation is 2. The number of anilines is 2. The van der Waals surface area contributed by atoms with Crippen LogP contribution in [0.1, 0.15) is 31.8 Å². The van der Waals surface area contributed by atoms with Gasteiger partial charge in [-0.25, -0.2) is 4.79 Å². The first-order valence-corrected chi connectivity index (χ1v) is 10.6. The van der Waals surface area contributed by atoms with Crippen molar-refractivity contribution in [3.63, 3.8) is 0 Å². The fraction of sp³-hybridized carbons (Fsp3) is 0.125. The third-order valence-electron chi connectivity index (χ3n) is 4.67. The second-order valence-corrected chi connectivity index (χ2v) is 8.01. The summed E-state index contributed by atoms with van der Waals surface area (Å²) in [6.07, 6.45) is 0. The molecule has 2 amide bonds. The number of carboxylic acids is 1. The van der Waals surface area contributed by atoms with E-state index >= 15 is 0 Å². The predicted molar refractivity (Wildman–Crippen MR) is 123 cm³/mol. The molecule has 0 aliphatic carbocycles. The maximum absolute atomic E-state index is 12.4. The van der Waals surface area contributed by atoms with Gasteiger partial charge in [-0.15, -0.1) is 11.8 Å². The molecule has 0 bridgehead atoms. The van der Waals surface area contributed by atoms with Gasteiger partial charge in [-0.2, -0.15) is 0 Å². The van der Waals surface area contributed by atoms with Crippen molar-refractivity contribution in [1.29, 1.82) is 0 Å². The third-order valence-corrected chi connectivity index (χ3v) is 5.69. The highest BCUT2D eigenvalue weighted by molar-refractivity contribution is 8.00. The van der Waals surface area contributed by atoms with Gasteiger partial charge in [-0.1, -0.05) is 18.2 Å². The van der Waals surface area contributed by atoms with Gasteiger partial charge in [0.1, 0.15) is 0 Å². The molecule has 0 saturated carbocycles. The summed E-state index contributed by atoms with van der Waals surface area (Å²) in [4.78, 5) is 36.8. The molecule has 0 aliphatic heterocycles. The molecule has 6 nitrogen and oxygen atoms in total. The van der Waals surface area contributed by atoms with Crippen LogP contribution in [0.15, 0.2) is 71.6 Å². The van der Waals surface area contributed by atoms with Crippen LogP contribution < -0.4 is 10.6 Å². The molecular weight excluding hydrogens is 412 g/mol. The van der Waals surface area contributed by atoms with Crippen molar-refractivity contribution >= 4 is 40.9 Å². The molecule has 0 spiro atoms. The lowest BCUT2D eigenvalue weighted by atomic mass is 10.1. The molecule has 0 radical (unpaired) electrons. The number of rotatable bonds is 7. The van der Waals surface area contributed by atoms with Crippen LogP contribution in [0.4, 0.5) is 11.4 Å². The summed E-state index contributed by atoms with van der Waals surface area (Å²) >= 11 is 1.38. The number of hydrogen-bond acceptors (Lipinski definition) is 4. The number of carbonyl (C=O) groups excluding carboxylic acids is 2. The lowest BCUT2D eigenvalue weighted by molar-refractivity contribution is -0.113. The van der Waals surface area contributed by atoms with Gasteiger partial charge in [0, 0.05) is 16.3 Å². The van der Waals surface area contributed by atoms with E-state index in [1.165, 1.54) is 29.5 Å². The normalized spacial score (nSPS) is 10.4. The van der Waals surface area contributed by atoms with Crippen LogP contribution in [0.5, 0.6) is 0 Å². The van der Waals surface area contributed by atoms with Crippen LogP contribution in [0.2, 0.25) is 0 Å². The van der Waals surface area contributed by atoms with Crippen molar-refractivity contribution in [2.45, 2.75) is 18.7 Å². The third kappa shape index (κ3) is 5.96. The van der Waals surface area contributed by atoms with Crippen molar-refractivity contribution in [2.75, 3.05) is 16.4 Å². The zero-order chi connectivity index (χ0) is 22.4. The first-order valence-electron chi connectivity index (χ1n) is 9.57. The fourth-order valence-corrected chi connectivity index (χ4v) is 3.56. The monoisotopic (exact) mass is 434 g/mol. The quantitative estimate of drug-likeness (QED) is 0.456. The van der Waals surface area contributed by atoms with Gasteiger partial charge >= 0.3 is 5.97 Å². The minimum absolute atomic E-state index is 0.0537. The van der Waals surface area contributed by atoms with Crippen LogP contribution in [-0.4, -0.2) is 28.6 Å². The van der Waals surface area contributed by atoms with Gasteiger partial charge in [0.05, 0.1) is 16.9 Å². The fourth-order valence-electron chi connectivity index (χ4n) is 2.87. The van der Waals surface area contributed by atoms with E-state index in [1.54, 1.807) is 36.4 Å². The first-order chi connectivity index (χ1) is 14.8. The number of nitrogens with one attached hydrogen (secondary N) is 2. The topological polar surface area (TPSA) is 95.5 Å². The molecule has 0 atom stereocenters. The van der Waals surface area contributed by atoms with Crippen molar-refractivity contribution in [1.82, 2.24) is 0 Å². The van der Waals surface area contributed by atoms with Crippen molar-refractivity contribution < 1.29 is 19.5 Å². The Kier molecular flexibility index (Phi) is 7.10. The second kappa shape index (κ2) is 9.95. The van der Waals surface area contributed by atoms with E-state index in [0.717, 1.165) is 16.1 Å². The summed E-state index contributed by atoms with van der Waals surface area (Å²) in [5.74, 6) is -1.50.